The summed E-state index contributed by atoms with van der Waals surface area (Å²) in [7, 11) is 0. The summed E-state index contributed by atoms with van der Waals surface area (Å²) in [4.78, 5) is 33.6. The third kappa shape index (κ3) is 7.85. The fourth-order valence-corrected chi connectivity index (χ4v) is 18.0. The Morgan fingerprint density at radius 1 is 0.345 bits per heavy atom. The summed E-state index contributed by atoms with van der Waals surface area (Å²) in [6, 6.07) is 77.1. The number of fused-ring (bicyclic) bond motifs is 26. The van der Waals surface area contributed by atoms with Gasteiger partial charge in [0.05, 0.1) is 27.9 Å². The fourth-order valence-electron chi connectivity index (χ4n) is 13.0. The van der Waals surface area contributed by atoms with Crippen molar-refractivity contribution in [2.75, 3.05) is 0 Å². The van der Waals surface area contributed by atoms with Gasteiger partial charge in [0.15, 0.2) is 0 Å². The van der Waals surface area contributed by atoms with Gasteiger partial charge in [-0.05, 0) is 83.0 Å². The van der Waals surface area contributed by atoms with Gasteiger partial charge in [0.1, 0.15) is 9.66 Å². The highest BCUT2D eigenvalue weighted by Gasteiger charge is 2.25. The van der Waals surface area contributed by atoms with Gasteiger partial charge in [0, 0.05) is 145 Å². The van der Waals surface area contributed by atoms with E-state index in [0.29, 0.717) is 5.95 Å². The topological polar surface area (TPSA) is 98.1 Å². The fraction of sp³-hybridized carbons (Fsp3) is 0. The molecule has 20 rings (SSSR count). The smallest absolute Gasteiger partial charge is 0.236 e. The zero-order chi connectivity index (χ0) is 57.3. The summed E-state index contributed by atoms with van der Waals surface area (Å²) in [6.07, 6.45) is 7.25. The van der Waals surface area contributed by atoms with Gasteiger partial charge >= 0.3 is 0 Å². The van der Waals surface area contributed by atoms with Crippen LogP contribution >= 0.6 is 56.9 Å². The first-order valence-electron chi connectivity index (χ1n) is 28.4. The highest BCUT2D eigenvalue weighted by atomic mass is 35.5. The number of hydrogen-bond acceptors (Lipinski definition) is 10. The van der Waals surface area contributed by atoms with Gasteiger partial charge in [-0.25, -0.2) is 19.9 Å². The molecule has 1 N–H and O–H groups in total. The Bertz CT molecular complexity index is 6180. The van der Waals surface area contributed by atoms with Crippen molar-refractivity contribution in [2.24, 2.45) is 0 Å². The molecule has 13 heteroatoms. The number of para-hydroxylation sites is 2. The van der Waals surface area contributed by atoms with E-state index in [2.05, 4.69) is 218 Å². The molecule has 8 nitrogen and oxygen atoms in total. The van der Waals surface area contributed by atoms with Crippen LogP contribution in [0, 0.1) is 0 Å². The molecule has 0 unspecified atom stereocenters. The summed E-state index contributed by atoms with van der Waals surface area (Å²) in [6.45, 7) is 0. The van der Waals surface area contributed by atoms with Crippen molar-refractivity contribution in [3.8, 4) is 28.5 Å². The number of pyridine rings is 2. The van der Waals surface area contributed by atoms with Crippen LogP contribution in [0.5, 0.6) is 0 Å². The van der Waals surface area contributed by atoms with Crippen molar-refractivity contribution in [2.45, 2.75) is 0 Å². The van der Waals surface area contributed by atoms with E-state index in [1.54, 1.807) is 35.1 Å². The number of benzene rings is 10. The van der Waals surface area contributed by atoms with Crippen LogP contribution in [-0.4, -0.2) is 39.5 Å². The predicted octanol–water partition coefficient (Wildman–Crippen LogP) is 21.9. The summed E-state index contributed by atoms with van der Waals surface area (Å²) in [5.41, 5.74) is 8.39. The molecule has 0 saturated heterocycles. The third-order valence-corrected chi connectivity index (χ3v) is 21.3. The highest BCUT2D eigenvalue weighted by molar-refractivity contribution is 7.28. The molecule has 0 aliphatic rings. The normalized spacial score (nSPS) is 12.0. The predicted molar refractivity (Wildman–Crippen MR) is 372 cm³/mol. The maximum Gasteiger partial charge on any atom is 0.236 e. The lowest BCUT2D eigenvalue weighted by Gasteiger charge is -2.12. The Labute approximate surface area is 515 Å². The molecule has 0 atom stereocenters. The van der Waals surface area contributed by atoms with Crippen LogP contribution in [0.2, 0.25) is 5.28 Å². The van der Waals surface area contributed by atoms with Crippen LogP contribution in [0.25, 0.3) is 175 Å². The first-order chi connectivity index (χ1) is 43.1. The van der Waals surface area contributed by atoms with Crippen LogP contribution in [0.1, 0.15) is 0 Å². The Kier molecular flexibility index (Phi) is 11.6. The summed E-state index contributed by atoms with van der Waals surface area (Å²) in [5.74, 6) is 0.676. The molecule has 0 amide bonds. The second kappa shape index (κ2) is 20.0. The molecule has 10 aromatic carbocycles. The molecule has 0 fully saturated rings. The van der Waals surface area contributed by atoms with E-state index in [4.69, 9.17) is 21.6 Å². The Morgan fingerprint density at radius 2 is 0.793 bits per heavy atom. The van der Waals surface area contributed by atoms with Gasteiger partial charge in [-0.2, -0.15) is 0 Å². The quantitative estimate of drug-likeness (QED) is 0.177. The Hall–Kier alpha value is -10.1. The average molecular weight is 1210 g/mol. The number of halogens is 1. The lowest BCUT2D eigenvalue weighted by Crippen LogP contribution is -2.03. The van der Waals surface area contributed by atoms with Crippen LogP contribution in [0.3, 0.4) is 0 Å². The van der Waals surface area contributed by atoms with E-state index in [9.17, 15) is 0 Å². The minimum atomic E-state index is 0.267. The van der Waals surface area contributed by atoms with E-state index in [-0.39, 0.29) is 5.28 Å². The zero-order valence-corrected chi connectivity index (χ0v) is 49.8. The maximum atomic E-state index is 6.07. The van der Waals surface area contributed by atoms with Gasteiger partial charge in [-0.3, -0.25) is 14.5 Å². The zero-order valence-electron chi connectivity index (χ0n) is 45.7. The largest absolute Gasteiger partial charge is 0.354 e. The molecule has 0 aliphatic heterocycles. The van der Waals surface area contributed by atoms with Gasteiger partial charge in [0.25, 0.3) is 0 Å². The first-order valence-corrected chi connectivity index (χ1v) is 32.1. The van der Waals surface area contributed by atoms with Gasteiger partial charge in [-0.15, -0.1) is 45.3 Å². The van der Waals surface area contributed by atoms with Crippen molar-refractivity contribution in [3.05, 3.63) is 248 Å². The van der Waals surface area contributed by atoms with E-state index in [1.165, 1.54) is 109 Å². The number of thiophene rings is 4. The number of hydrogen-bond donors (Lipinski definition) is 1. The number of rotatable bonds is 3. The monoisotopic (exact) mass is 1200 g/mol. The van der Waals surface area contributed by atoms with E-state index >= 15 is 0 Å². The van der Waals surface area contributed by atoms with Crippen molar-refractivity contribution >= 4 is 203 Å². The summed E-state index contributed by atoms with van der Waals surface area (Å²) in [5, 5.41) is 20.3. The molecule has 408 valence electrons. The lowest BCUT2D eigenvalue weighted by atomic mass is 10.00. The lowest BCUT2D eigenvalue weighted by molar-refractivity contribution is 1.02. The van der Waals surface area contributed by atoms with Gasteiger partial charge in [0.2, 0.25) is 11.2 Å². The van der Waals surface area contributed by atoms with E-state index in [1.807, 2.05) is 65.4 Å². The molecule has 0 radical (unpaired) electrons. The third-order valence-electron chi connectivity index (χ3n) is 16.7. The van der Waals surface area contributed by atoms with Crippen LogP contribution in [0.4, 0.5) is 0 Å². The second-order valence-electron chi connectivity index (χ2n) is 21.4. The molecule has 0 bridgehead atoms. The maximum absolute atomic E-state index is 6.07. The van der Waals surface area contributed by atoms with Crippen molar-refractivity contribution in [1.82, 2.24) is 39.5 Å². The molecular weight excluding hydrogens is 1160 g/mol. The molecule has 0 spiro atoms. The number of nitrogens with zero attached hydrogens (tertiary/aromatic N) is 7. The first kappa shape index (κ1) is 50.3. The number of aromatic amines is 1. The molecule has 0 aliphatic carbocycles. The standard InChI is InChI=1S/C37H20N4S2.C22H13NS.C15H8ClN3S/c1-2-12-23-22(11-1)30-25-14-4-7-17-28(25)42-35(30)32-24-13-3-6-16-27(24)41(34(23)32)37-39-33(21-10-9-19-38-20-21)31-26-15-5-8-18-29(26)43-36(31)40-37;1-2-8-14-13(7-1)19-16-10-4-6-12-18(16)24-22(19)20-15-9-3-5-11-17(15)23-21(14)20;16-15-18-13(9-4-3-7-17-8-9)12-10-5-1-2-6-11(10)20-14(12)19-15/h1-20H;1-12,23H;1-8H. The molecule has 0 saturated carbocycles. The van der Waals surface area contributed by atoms with Crippen molar-refractivity contribution in [1.29, 1.82) is 0 Å². The van der Waals surface area contributed by atoms with E-state index < -0.39 is 0 Å². The van der Waals surface area contributed by atoms with Crippen molar-refractivity contribution in [3.63, 3.8) is 0 Å². The highest BCUT2D eigenvalue weighted by Crippen LogP contribution is 2.50. The molecule has 10 heterocycles. The van der Waals surface area contributed by atoms with Gasteiger partial charge < -0.3 is 4.98 Å². The molecule has 87 heavy (non-hydrogen) atoms. The van der Waals surface area contributed by atoms with Crippen LogP contribution < -0.4 is 0 Å². The minimum absolute atomic E-state index is 0.267. The number of aromatic nitrogens is 8. The Morgan fingerprint density at radius 3 is 1.38 bits per heavy atom. The number of H-pyrrole nitrogens is 1. The second-order valence-corrected chi connectivity index (χ2v) is 25.9. The summed E-state index contributed by atoms with van der Waals surface area (Å²) < 4.78 is 10.0. The number of nitrogens with one attached hydrogen (secondary N) is 1. The molecule has 20 aromatic rings. The minimum Gasteiger partial charge on any atom is -0.354 e. The van der Waals surface area contributed by atoms with Crippen molar-refractivity contribution < 1.29 is 0 Å². The van der Waals surface area contributed by atoms with Gasteiger partial charge in [-0.1, -0.05) is 158 Å². The Balaban J connectivity index is 0.000000109. The average Bonchev–Trinajstić information content (AvgIpc) is 1.59. The molecule has 10 aromatic heterocycles. The van der Waals surface area contributed by atoms with Crippen LogP contribution in [0.15, 0.2) is 243 Å². The van der Waals surface area contributed by atoms with E-state index in [0.717, 1.165) is 59.4 Å². The molecular formula is C74H41ClN8S4. The van der Waals surface area contributed by atoms with Crippen LogP contribution in [-0.2, 0) is 0 Å². The summed E-state index contributed by atoms with van der Waals surface area (Å²) >= 11 is 13.2. The SMILES string of the molecule is Clc1nc(-c2cccnc2)c2c(n1)sc1ccccc12.c1ccc2c(c1)[nH]c1c3ccccc3c3c4ccccc4sc3c21.c1cncc(-c2nc(-n3c4ccccc4c4c5sc6ccccc6c5c5ccccc5c43)nc3sc4ccccc4c23)c1.